The topological polar surface area (TPSA) is 195 Å². The molecule has 1 saturated heterocycles. The predicted molar refractivity (Wildman–Crippen MR) is 207 cm³/mol. The number of benzene rings is 1. The van der Waals surface area contributed by atoms with E-state index in [2.05, 4.69) is 25.3 Å². The maximum Gasteiger partial charge on any atom is 0.408 e. The molecule has 0 radical (unpaired) electrons. The van der Waals surface area contributed by atoms with Gasteiger partial charge in [0, 0.05) is 18.4 Å². The summed E-state index contributed by atoms with van der Waals surface area (Å²) < 4.78 is 131. The summed E-state index contributed by atoms with van der Waals surface area (Å²) in [7, 11) is -4.36. The van der Waals surface area contributed by atoms with Crippen LogP contribution in [0.2, 0.25) is 0 Å². The number of hydrogen-bond acceptors (Lipinski definition) is 11. The Balaban J connectivity index is 1.30. The first-order valence-electron chi connectivity index (χ1n) is 20.7. The van der Waals surface area contributed by atoms with Gasteiger partial charge in [-0.15, -0.1) is 0 Å². The number of rotatable bonds is 9. The van der Waals surface area contributed by atoms with Crippen molar-refractivity contribution in [3.63, 3.8) is 0 Å². The first-order chi connectivity index (χ1) is 28.9. The van der Waals surface area contributed by atoms with E-state index in [1.165, 1.54) is 13.0 Å². The minimum Gasteiger partial charge on any atom is -0.471 e. The van der Waals surface area contributed by atoms with Crippen LogP contribution in [-0.4, -0.2) is 101 Å². The van der Waals surface area contributed by atoms with Gasteiger partial charge < -0.3 is 29.7 Å². The molecule has 62 heavy (non-hydrogen) atoms. The Morgan fingerprint density at radius 2 is 1.74 bits per heavy atom. The molecule has 4 fully saturated rings. The first kappa shape index (κ1) is 45.4. The molecule has 2 aromatic rings. The van der Waals surface area contributed by atoms with Crippen molar-refractivity contribution < 1.29 is 68.1 Å². The van der Waals surface area contributed by atoms with E-state index in [-0.39, 0.29) is 48.4 Å². The van der Waals surface area contributed by atoms with Gasteiger partial charge in [0.15, 0.2) is 5.69 Å². The van der Waals surface area contributed by atoms with Crippen molar-refractivity contribution in [2.24, 2.45) is 23.2 Å². The van der Waals surface area contributed by atoms with Gasteiger partial charge in [-0.2, -0.15) is 17.6 Å². The van der Waals surface area contributed by atoms with Gasteiger partial charge in [-0.25, -0.2) is 32.0 Å². The van der Waals surface area contributed by atoms with Gasteiger partial charge in [-0.05, 0) is 75.3 Å². The number of fused-ring (bicyclic) bond motifs is 5. The highest BCUT2D eigenvalue weighted by atomic mass is 32.2. The number of carbonyl (C=O) groups is 4. The summed E-state index contributed by atoms with van der Waals surface area (Å²) in [5.74, 6) is -11.3. The van der Waals surface area contributed by atoms with Gasteiger partial charge in [-0.3, -0.25) is 19.1 Å². The molecule has 1 aromatic heterocycles. The van der Waals surface area contributed by atoms with Crippen LogP contribution >= 0.6 is 0 Å². The fourth-order valence-electron chi connectivity index (χ4n) is 8.48. The molecule has 4 amide bonds. The molecule has 0 spiro atoms. The van der Waals surface area contributed by atoms with Gasteiger partial charge in [0.1, 0.15) is 35.6 Å². The Morgan fingerprint density at radius 3 is 2.35 bits per heavy atom. The van der Waals surface area contributed by atoms with E-state index in [0.717, 1.165) is 17.0 Å². The highest BCUT2D eigenvalue weighted by molar-refractivity contribution is 7.91. The summed E-state index contributed by atoms with van der Waals surface area (Å²) in [6.45, 7) is 4.07. The van der Waals surface area contributed by atoms with Crippen molar-refractivity contribution >= 4 is 44.9 Å². The van der Waals surface area contributed by atoms with Gasteiger partial charge in [0.05, 0.1) is 28.2 Å². The fraction of sp³-hybridized carbons (Fsp3) is 0.700. The van der Waals surface area contributed by atoms with Crippen molar-refractivity contribution in [2.75, 3.05) is 6.54 Å². The molecule has 3 aliphatic carbocycles. The zero-order chi connectivity index (χ0) is 45.3. The zero-order valence-corrected chi connectivity index (χ0v) is 35.5. The second-order valence-electron chi connectivity index (χ2n) is 18.4. The van der Waals surface area contributed by atoms with Crippen LogP contribution < -0.4 is 24.8 Å². The molecule has 2 bridgehead atoms. The molecule has 2 aliphatic heterocycles. The lowest BCUT2D eigenvalue weighted by atomic mass is 9.85. The lowest BCUT2D eigenvalue weighted by Crippen LogP contribution is -2.61. The van der Waals surface area contributed by atoms with E-state index in [4.69, 9.17) is 9.47 Å². The van der Waals surface area contributed by atoms with Crippen LogP contribution in [0.5, 0.6) is 11.6 Å². The smallest absolute Gasteiger partial charge is 0.408 e. The molecule has 3 saturated carbocycles. The molecule has 1 unspecified atom stereocenters. The number of ether oxygens (including phenoxy) is 3. The lowest BCUT2D eigenvalue weighted by Gasteiger charge is -2.36. The Labute approximate surface area is 353 Å². The fourth-order valence-corrected chi connectivity index (χ4v) is 9.79. The average molecular weight is 905 g/mol. The molecule has 5 aliphatic rings. The third-order valence-electron chi connectivity index (χ3n) is 12.8. The average Bonchev–Trinajstić information content (AvgIpc) is 4.12. The molecule has 15 nitrogen and oxygen atoms in total. The Kier molecular flexibility index (Phi) is 11.8. The quantitative estimate of drug-likeness (QED) is 0.267. The maximum atomic E-state index is 16.3. The van der Waals surface area contributed by atoms with Crippen molar-refractivity contribution in [2.45, 2.75) is 146 Å². The monoisotopic (exact) mass is 904 g/mol. The number of alkyl carbamates (subject to hydrolysis) is 1. The molecular formula is C40H50F6N6O9S. The van der Waals surface area contributed by atoms with Crippen molar-refractivity contribution in [3.05, 3.63) is 23.9 Å². The first-order valence-corrected chi connectivity index (χ1v) is 22.1. The van der Waals surface area contributed by atoms with E-state index in [0.29, 0.717) is 19.3 Å². The maximum absolute atomic E-state index is 16.3. The number of alkyl halides is 6. The molecule has 1 aromatic carbocycles. The molecule has 22 heteroatoms. The molecule has 3 heterocycles. The van der Waals surface area contributed by atoms with Crippen LogP contribution in [0, 0.1) is 23.2 Å². The standard InChI is InChI=1S/C40H50F6N6O9S/c1-6-21-26-18-52(27(21)31(53)50-39(17-22(39)30(41)42)34(55)51-62(57,58)38(5)13-14-38)33(54)29(37(2,3)4)49-36(56)61-25-15-19(25)9-7-8-12-40(45,46)28-32(60-26)48-24-16-20(59-35(43)44)10-11-23(24)47-28/h10-11,16,19,21-22,25-27,29-30,35H,6-9,12-15,17-18H2,1-5H3,(H,49,56)(H,50,53)(H,51,55)/t19-,21-,22+,25?,26+,27+,29-,39-/m1/s1. The van der Waals surface area contributed by atoms with Crippen LogP contribution in [0.25, 0.3) is 11.0 Å². The third kappa shape index (κ3) is 8.93. The summed E-state index contributed by atoms with van der Waals surface area (Å²) >= 11 is 0. The largest absolute Gasteiger partial charge is 0.471 e. The summed E-state index contributed by atoms with van der Waals surface area (Å²) in [6, 6.07) is 0.252. The minimum absolute atomic E-state index is 0.00978. The number of sulfonamides is 1. The molecule has 7 rings (SSSR count). The van der Waals surface area contributed by atoms with Crippen molar-refractivity contribution in [3.8, 4) is 11.6 Å². The summed E-state index contributed by atoms with van der Waals surface area (Å²) in [5.41, 5.74) is -4.65. The lowest BCUT2D eigenvalue weighted by molar-refractivity contribution is -0.144. The summed E-state index contributed by atoms with van der Waals surface area (Å²) in [6.07, 6.45) is -5.74. The van der Waals surface area contributed by atoms with Gasteiger partial charge in [0.25, 0.3) is 11.8 Å². The molecule has 8 atom stereocenters. The Hall–Kier alpha value is -4.63. The molecule has 3 N–H and O–H groups in total. The third-order valence-corrected chi connectivity index (χ3v) is 14.9. The van der Waals surface area contributed by atoms with Crippen LogP contribution in [-0.2, 0) is 35.1 Å². The van der Waals surface area contributed by atoms with E-state index in [1.807, 2.05) is 4.72 Å². The number of carbonyl (C=O) groups excluding carboxylic acids is 4. The second-order valence-corrected chi connectivity index (χ2v) is 20.6. The number of hydrogen-bond donors (Lipinski definition) is 3. The van der Waals surface area contributed by atoms with E-state index < -0.39 is 136 Å². The number of halogens is 6. The number of aromatic nitrogens is 2. The van der Waals surface area contributed by atoms with Crippen molar-refractivity contribution in [1.29, 1.82) is 0 Å². The van der Waals surface area contributed by atoms with Crippen molar-refractivity contribution in [1.82, 2.24) is 30.2 Å². The highest BCUT2D eigenvalue weighted by Gasteiger charge is 2.68. The van der Waals surface area contributed by atoms with Crippen LogP contribution in [0.4, 0.5) is 31.1 Å². The number of amides is 4. The minimum atomic E-state index is -4.36. The predicted octanol–water partition coefficient (Wildman–Crippen LogP) is 5.55. The number of nitrogens with one attached hydrogen (secondary N) is 3. The van der Waals surface area contributed by atoms with Crippen LogP contribution in [0.3, 0.4) is 0 Å². The van der Waals surface area contributed by atoms with E-state index in [9.17, 15) is 45.2 Å². The zero-order valence-electron chi connectivity index (χ0n) is 34.7. The van der Waals surface area contributed by atoms with Crippen LogP contribution in [0.15, 0.2) is 18.2 Å². The summed E-state index contributed by atoms with van der Waals surface area (Å²) in [4.78, 5) is 65.9. The Bertz CT molecular complexity index is 2230. The molecule has 342 valence electrons. The Morgan fingerprint density at radius 1 is 1.03 bits per heavy atom. The van der Waals surface area contributed by atoms with Gasteiger partial charge >= 0.3 is 12.7 Å². The highest BCUT2D eigenvalue weighted by Crippen LogP contribution is 2.50. The van der Waals surface area contributed by atoms with Gasteiger partial charge in [0.2, 0.25) is 34.1 Å². The normalized spacial score (nSPS) is 30.8. The number of nitrogens with zero attached hydrogens (tertiary/aromatic N) is 3. The molecular weight excluding hydrogens is 855 g/mol. The van der Waals surface area contributed by atoms with E-state index >= 15 is 8.78 Å². The van der Waals surface area contributed by atoms with Crippen LogP contribution in [0.1, 0.15) is 98.1 Å². The summed E-state index contributed by atoms with van der Waals surface area (Å²) in [5, 5.41) is 4.96. The second kappa shape index (κ2) is 16.2. The van der Waals surface area contributed by atoms with Gasteiger partial charge in [-0.1, -0.05) is 34.1 Å². The van der Waals surface area contributed by atoms with E-state index in [1.54, 1.807) is 27.7 Å². The SMILES string of the molecule is CC[C@@H]1[C@@H]2CN(C(=O)[C@H](C(C)(C)C)NC(=O)OC3C[C@H]3CCCCC(F)(F)c3nc4ccc(OC(F)F)cc4nc3O2)[C@@H]1C(=O)N[C@]1(C(=O)NS(=O)(=O)C2(C)CC2)C[C@H]1C(F)F.